The predicted octanol–water partition coefficient (Wildman–Crippen LogP) is 9.10. The fourth-order valence-corrected chi connectivity index (χ4v) is 4.24. The minimum absolute atomic E-state index is 0.109. The van der Waals surface area contributed by atoms with E-state index >= 15 is 0 Å². The molecule has 200 valence electrons. The Morgan fingerprint density at radius 3 is 2.03 bits per heavy atom. The van der Waals surface area contributed by atoms with Crippen LogP contribution in [-0.2, 0) is 0 Å². The van der Waals surface area contributed by atoms with Gasteiger partial charge in [-0.1, -0.05) is 99.3 Å². The molecule has 0 unspecified atom stereocenters. The van der Waals surface area contributed by atoms with E-state index in [2.05, 4.69) is 55.2 Å². The lowest BCUT2D eigenvalue weighted by molar-refractivity contribution is 0.0734. The van der Waals surface area contributed by atoms with Gasteiger partial charge in [0.05, 0.1) is 18.2 Å². The maximum atomic E-state index is 12.6. The zero-order valence-corrected chi connectivity index (χ0v) is 22.9. The van der Waals surface area contributed by atoms with Gasteiger partial charge in [0.2, 0.25) is 0 Å². The van der Waals surface area contributed by atoms with Crippen LogP contribution in [0.15, 0.2) is 108 Å². The number of ether oxygens (including phenoxy) is 2. The number of aliphatic imine (C=N–C) groups is 1. The number of esters is 1. The summed E-state index contributed by atoms with van der Waals surface area (Å²) in [6, 6.07) is 33.3. The summed E-state index contributed by atoms with van der Waals surface area (Å²) in [5.74, 6) is 0.895. The van der Waals surface area contributed by atoms with Gasteiger partial charge >= 0.3 is 5.97 Å². The third-order valence-electron chi connectivity index (χ3n) is 6.64. The summed E-state index contributed by atoms with van der Waals surface area (Å²) in [6.07, 6.45) is 7.91. The number of unbranched alkanes of at least 4 members (excludes halogenated alkanes) is 4. The molecule has 0 spiro atoms. The number of carbonyl (C=O) groups excluding carboxylic acids is 1. The third-order valence-corrected chi connectivity index (χ3v) is 6.64. The molecule has 0 aliphatic heterocycles. The highest BCUT2D eigenvalue weighted by Crippen LogP contribution is 2.24. The van der Waals surface area contributed by atoms with Gasteiger partial charge in [0, 0.05) is 6.21 Å². The fraction of sp³-hybridized carbons (Fsp3) is 0.257. The Balaban J connectivity index is 1.27. The molecule has 0 aromatic heterocycles. The number of nitrogens with zero attached hydrogens (tertiary/aromatic N) is 1. The van der Waals surface area contributed by atoms with Gasteiger partial charge in [-0.25, -0.2) is 4.79 Å². The number of carbonyl (C=O) groups is 1. The maximum absolute atomic E-state index is 12.6. The van der Waals surface area contributed by atoms with E-state index in [0.29, 0.717) is 17.9 Å². The predicted molar refractivity (Wildman–Crippen MR) is 160 cm³/mol. The van der Waals surface area contributed by atoms with E-state index in [1.807, 2.05) is 60.8 Å². The van der Waals surface area contributed by atoms with Crippen LogP contribution in [0.1, 0.15) is 73.5 Å². The standard InChI is InChI=1S/C35H37NO3/c1-3-4-5-6-10-25-38-33-21-19-32(20-22-33)35(37)39-34-23-17-31(18-24-34)30-15-13-28(14-16-30)26-36-27(2)29-11-8-7-9-12-29/h7-9,11-24,26-27H,3-6,10,25H2,1-2H3/t27-/m0/s1. The summed E-state index contributed by atoms with van der Waals surface area (Å²) in [5.41, 5.74) is 4.87. The van der Waals surface area contributed by atoms with Crippen LogP contribution in [0.4, 0.5) is 0 Å². The SMILES string of the molecule is CCCCCCCOc1ccc(C(=O)Oc2ccc(-c3ccc(C=N[C@@H](C)c4ccccc4)cc3)cc2)cc1. The van der Waals surface area contributed by atoms with Crippen LogP contribution in [0, 0.1) is 0 Å². The molecular weight excluding hydrogens is 482 g/mol. The maximum Gasteiger partial charge on any atom is 0.343 e. The van der Waals surface area contributed by atoms with Gasteiger partial charge in [-0.3, -0.25) is 4.99 Å². The largest absolute Gasteiger partial charge is 0.494 e. The molecule has 1 atom stereocenters. The Hall–Kier alpha value is -4.18. The Kier molecular flexibility index (Phi) is 10.5. The molecule has 4 aromatic rings. The van der Waals surface area contributed by atoms with Crippen LogP contribution in [0.3, 0.4) is 0 Å². The second kappa shape index (κ2) is 14.7. The summed E-state index contributed by atoms with van der Waals surface area (Å²) >= 11 is 0. The second-order valence-electron chi connectivity index (χ2n) is 9.69. The molecule has 4 heteroatoms. The molecule has 0 bridgehead atoms. The van der Waals surface area contributed by atoms with Crippen molar-refractivity contribution in [3.8, 4) is 22.6 Å². The van der Waals surface area contributed by atoms with E-state index in [1.165, 1.54) is 31.2 Å². The van der Waals surface area contributed by atoms with Gasteiger partial charge in [-0.05, 0) is 72.0 Å². The van der Waals surface area contributed by atoms with Gasteiger partial charge in [-0.15, -0.1) is 0 Å². The van der Waals surface area contributed by atoms with Crippen molar-refractivity contribution in [3.05, 3.63) is 120 Å². The Morgan fingerprint density at radius 1 is 0.744 bits per heavy atom. The highest BCUT2D eigenvalue weighted by Gasteiger charge is 2.09. The Bertz CT molecular complexity index is 1310. The first-order valence-corrected chi connectivity index (χ1v) is 13.9. The number of hydrogen-bond donors (Lipinski definition) is 0. The molecule has 0 saturated heterocycles. The van der Waals surface area contributed by atoms with Crippen molar-refractivity contribution >= 4 is 12.2 Å². The van der Waals surface area contributed by atoms with Crippen molar-refractivity contribution < 1.29 is 14.3 Å². The lowest BCUT2D eigenvalue weighted by Gasteiger charge is -2.08. The topological polar surface area (TPSA) is 47.9 Å². The van der Waals surface area contributed by atoms with Crippen molar-refractivity contribution in [2.24, 2.45) is 4.99 Å². The molecule has 4 nitrogen and oxygen atoms in total. The quantitative estimate of drug-likeness (QED) is 0.0766. The van der Waals surface area contributed by atoms with Crippen LogP contribution in [0.25, 0.3) is 11.1 Å². The minimum Gasteiger partial charge on any atom is -0.494 e. The third kappa shape index (κ3) is 8.68. The summed E-state index contributed by atoms with van der Waals surface area (Å²) < 4.78 is 11.4. The molecule has 0 fully saturated rings. The molecule has 0 aliphatic rings. The average Bonchev–Trinajstić information content (AvgIpc) is 2.99. The lowest BCUT2D eigenvalue weighted by Crippen LogP contribution is -2.08. The molecule has 0 heterocycles. The smallest absolute Gasteiger partial charge is 0.343 e. The highest BCUT2D eigenvalue weighted by atomic mass is 16.5. The zero-order valence-electron chi connectivity index (χ0n) is 22.9. The van der Waals surface area contributed by atoms with Crippen LogP contribution >= 0.6 is 0 Å². The van der Waals surface area contributed by atoms with E-state index < -0.39 is 0 Å². The molecule has 39 heavy (non-hydrogen) atoms. The number of hydrogen-bond acceptors (Lipinski definition) is 4. The summed E-state index contributed by atoms with van der Waals surface area (Å²) in [4.78, 5) is 17.3. The lowest BCUT2D eigenvalue weighted by atomic mass is 10.0. The van der Waals surface area contributed by atoms with E-state index in [-0.39, 0.29) is 12.0 Å². The Morgan fingerprint density at radius 2 is 1.36 bits per heavy atom. The molecule has 4 aromatic carbocycles. The Labute approximate surface area is 232 Å². The minimum atomic E-state index is -0.387. The van der Waals surface area contributed by atoms with Gasteiger partial charge in [0.1, 0.15) is 11.5 Å². The van der Waals surface area contributed by atoms with Crippen molar-refractivity contribution in [1.29, 1.82) is 0 Å². The molecule has 0 amide bonds. The van der Waals surface area contributed by atoms with Crippen LogP contribution in [0.5, 0.6) is 11.5 Å². The van der Waals surface area contributed by atoms with Gasteiger partial charge in [0.15, 0.2) is 0 Å². The second-order valence-corrected chi connectivity index (χ2v) is 9.69. The van der Waals surface area contributed by atoms with E-state index in [4.69, 9.17) is 9.47 Å². The monoisotopic (exact) mass is 519 g/mol. The van der Waals surface area contributed by atoms with Crippen molar-refractivity contribution in [3.63, 3.8) is 0 Å². The van der Waals surface area contributed by atoms with Gasteiger partial charge in [-0.2, -0.15) is 0 Å². The first-order valence-electron chi connectivity index (χ1n) is 13.9. The van der Waals surface area contributed by atoms with Crippen LogP contribution in [0.2, 0.25) is 0 Å². The molecule has 0 radical (unpaired) electrons. The van der Waals surface area contributed by atoms with Gasteiger partial charge in [0.25, 0.3) is 0 Å². The summed E-state index contributed by atoms with van der Waals surface area (Å²) in [7, 11) is 0. The first-order chi connectivity index (χ1) is 19.1. The molecular formula is C35H37NO3. The molecule has 0 N–H and O–H groups in total. The molecule has 0 aliphatic carbocycles. The first kappa shape index (κ1) is 27.8. The summed E-state index contributed by atoms with van der Waals surface area (Å²) in [6.45, 7) is 5.00. The summed E-state index contributed by atoms with van der Waals surface area (Å²) in [5, 5.41) is 0. The number of rotatable bonds is 13. The van der Waals surface area contributed by atoms with Crippen molar-refractivity contribution in [2.75, 3.05) is 6.61 Å². The van der Waals surface area contributed by atoms with Crippen LogP contribution < -0.4 is 9.47 Å². The normalized spacial score (nSPS) is 11.8. The van der Waals surface area contributed by atoms with Crippen molar-refractivity contribution in [1.82, 2.24) is 0 Å². The fourth-order valence-electron chi connectivity index (χ4n) is 4.24. The van der Waals surface area contributed by atoms with E-state index in [1.54, 1.807) is 12.1 Å². The van der Waals surface area contributed by atoms with Crippen molar-refractivity contribution in [2.45, 2.75) is 52.0 Å². The molecule has 0 saturated carbocycles. The molecule has 4 rings (SSSR count). The number of benzene rings is 4. The van der Waals surface area contributed by atoms with E-state index in [9.17, 15) is 4.79 Å². The van der Waals surface area contributed by atoms with Crippen LogP contribution in [-0.4, -0.2) is 18.8 Å². The highest BCUT2D eigenvalue weighted by molar-refractivity contribution is 5.91. The zero-order chi connectivity index (χ0) is 27.3. The van der Waals surface area contributed by atoms with E-state index in [0.717, 1.165) is 28.9 Å². The average molecular weight is 520 g/mol. The van der Waals surface area contributed by atoms with Gasteiger partial charge < -0.3 is 9.47 Å².